The molecule has 1 heterocycles. The normalized spacial score (nSPS) is 25.3. The first-order valence-electron chi connectivity index (χ1n) is 13.5. The van der Waals surface area contributed by atoms with E-state index in [4.69, 9.17) is 31.5 Å². The van der Waals surface area contributed by atoms with Gasteiger partial charge in [0.15, 0.2) is 5.82 Å². The monoisotopic (exact) mass is 556 g/mol. The van der Waals surface area contributed by atoms with Crippen molar-refractivity contribution in [1.82, 2.24) is 14.9 Å². The number of aromatic nitrogens is 2. The molecule has 0 aliphatic heterocycles. The molecule has 0 radical (unpaired) electrons. The quantitative estimate of drug-likeness (QED) is 0.292. The third-order valence-electron chi connectivity index (χ3n) is 8.24. The number of likely N-dealkylation sites (N-methyl/N-ethyl adjacent to an activating group) is 1. The highest BCUT2D eigenvalue weighted by atomic mass is 35.5. The molecule has 2 bridgehead atoms. The van der Waals surface area contributed by atoms with Crippen molar-refractivity contribution in [2.75, 3.05) is 45.1 Å². The van der Waals surface area contributed by atoms with Crippen molar-refractivity contribution in [2.45, 2.75) is 50.3 Å². The molecule has 0 saturated heterocycles. The summed E-state index contributed by atoms with van der Waals surface area (Å²) >= 11 is 6.47. The van der Waals surface area contributed by atoms with Crippen LogP contribution in [0.25, 0.3) is 0 Å². The van der Waals surface area contributed by atoms with Gasteiger partial charge in [-0.15, -0.1) is 0 Å². The summed E-state index contributed by atoms with van der Waals surface area (Å²) in [7, 11) is 5.61. The second-order valence-corrected chi connectivity index (χ2v) is 10.9. The molecule has 10 nitrogen and oxygen atoms in total. The van der Waals surface area contributed by atoms with E-state index in [-0.39, 0.29) is 24.0 Å². The van der Waals surface area contributed by atoms with Crippen LogP contribution >= 0.6 is 11.6 Å². The van der Waals surface area contributed by atoms with E-state index in [0.717, 1.165) is 56.7 Å². The molecule has 0 spiro atoms. The van der Waals surface area contributed by atoms with E-state index in [9.17, 15) is 4.79 Å². The molecule has 39 heavy (non-hydrogen) atoms. The molecule has 1 saturated carbocycles. The smallest absolute Gasteiger partial charge is 0.404 e. The van der Waals surface area contributed by atoms with Gasteiger partial charge in [0.05, 0.1) is 31.6 Å². The van der Waals surface area contributed by atoms with Crippen LogP contribution in [0.2, 0.25) is 5.02 Å². The zero-order chi connectivity index (χ0) is 27.5. The number of nitrogens with zero attached hydrogens (tertiary/aromatic N) is 3. The molecule has 2 aromatic rings. The predicted octanol–water partition coefficient (Wildman–Crippen LogP) is 4.16. The van der Waals surface area contributed by atoms with Gasteiger partial charge >= 0.3 is 6.09 Å². The number of fused-ring (bicyclic) bond motifs is 3. The molecule has 210 valence electrons. The number of rotatable bonds is 10. The Bertz CT molecular complexity index is 1230. The minimum Gasteiger partial charge on any atom is -0.494 e. The molecule has 1 unspecified atom stereocenters. The number of carbonyl (C=O) groups excluding carboxylic acids is 1. The van der Waals surface area contributed by atoms with Gasteiger partial charge in [-0.05, 0) is 56.3 Å². The predicted molar refractivity (Wildman–Crippen MR) is 151 cm³/mol. The standard InChI is InChI=1S/C28H37ClN6O4/c1-35(12-13-37-2)19-8-6-16-7-11-22(25(38-3)20(16)10-9-19)32-28-31-15-21(29)26(34-28)33-23-17-4-5-18(14-17)24(23)39-27(30)36/h4-5,7,11,15,17-19,23-24H,6,8-10,12-14H2,1-3H3,(H2,30,36)(H2,31,32,33,34)/t17-,18+,19?,23+,24-/m0/s1. The molecule has 1 fully saturated rings. The Kier molecular flexibility index (Phi) is 8.44. The van der Waals surface area contributed by atoms with Crippen LogP contribution < -0.4 is 21.1 Å². The molecule has 5 atom stereocenters. The number of nitrogens with one attached hydrogen (secondary N) is 2. The van der Waals surface area contributed by atoms with Crippen molar-refractivity contribution in [3.05, 3.63) is 46.6 Å². The summed E-state index contributed by atoms with van der Waals surface area (Å²) in [6.07, 6.45) is 9.56. The number of amides is 1. The van der Waals surface area contributed by atoms with Gasteiger partial charge in [0.2, 0.25) is 5.95 Å². The lowest BCUT2D eigenvalue weighted by Gasteiger charge is -2.28. The number of hydrogen-bond acceptors (Lipinski definition) is 9. The number of aryl methyl sites for hydroxylation is 1. The Morgan fingerprint density at radius 3 is 2.77 bits per heavy atom. The molecule has 11 heteroatoms. The summed E-state index contributed by atoms with van der Waals surface area (Å²) in [5.74, 6) is 1.99. The van der Waals surface area contributed by atoms with Crippen LogP contribution in [0.5, 0.6) is 5.75 Å². The summed E-state index contributed by atoms with van der Waals surface area (Å²) in [5.41, 5.74) is 8.66. The fraction of sp³-hybridized carbons (Fsp3) is 0.536. The van der Waals surface area contributed by atoms with E-state index < -0.39 is 6.09 Å². The molecule has 1 aromatic heterocycles. The fourth-order valence-electron chi connectivity index (χ4n) is 6.21. The van der Waals surface area contributed by atoms with Gasteiger partial charge in [-0.3, -0.25) is 0 Å². The summed E-state index contributed by atoms with van der Waals surface area (Å²) in [4.78, 5) is 23.0. The van der Waals surface area contributed by atoms with Crippen molar-refractivity contribution in [1.29, 1.82) is 0 Å². The number of hydrogen-bond donors (Lipinski definition) is 3. The van der Waals surface area contributed by atoms with E-state index in [1.165, 1.54) is 11.1 Å². The lowest BCUT2D eigenvalue weighted by Crippen LogP contribution is -2.41. The Morgan fingerprint density at radius 2 is 2.00 bits per heavy atom. The number of anilines is 3. The second kappa shape index (κ2) is 12.0. The topological polar surface area (TPSA) is 124 Å². The first-order chi connectivity index (χ1) is 18.9. The highest BCUT2D eigenvalue weighted by molar-refractivity contribution is 6.32. The van der Waals surface area contributed by atoms with Gasteiger partial charge in [0.1, 0.15) is 16.9 Å². The minimum atomic E-state index is -0.785. The van der Waals surface area contributed by atoms with Crippen LogP contribution in [0.3, 0.4) is 0 Å². The highest BCUT2D eigenvalue weighted by Gasteiger charge is 2.47. The molecular formula is C28H37ClN6O4. The van der Waals surface area contributed by atoms with Crippen LogP contribution in [0, 0.1) is 11.8 Å². The maximum Gasteiger partial charge on any atom is 0.404 e. The number of carbonyl (C=O) groups is 1. The van der Waals surface area contributed by atoms with Gasteiger partial charge in [0, 0.05) is 31.5 Å². The molecule has 3 aliphatic carbocycles. The Labute approximate surface area is 234 Å². The van der Waals surface area contributed by atoms with Crippen LogP contribution in [0.1, 0.15) is 30.4 Å². The Hall–Kier alpha value is -3.08. The van der Waals surface area contributed by atoms with E-state index in [0.29, 0.717) is 22.8 Å². The maximum atomic E-state index is 11.5. The van der Waals surface area contributed by atoms with Crippen molar-refractivity contribution in [3.8, 4) is 5.75 Å². The van der Waals surface area contributed by atoms with Gasteiger partial charge in [-0.1, -0.05) is 29.8 Å². The van der Waals surface area contributed by atoms with E-state index in [2.05, 4.69) is 50.8 Å². The largest absolute Gasteiger partial charge is 0.494 e. The van der Waals surface area contributed by atoms with E-state index in [1.54, 1.807) is 20.4 Å². The summed E-state index contributed by atoms with van der Waals surface area (Å²) in [5, 5.41) is 7.10. The van der Waals surface area contributed by atoms with Gasteiger partial charge in [-0.25, -0.2) is 9.78 Å². The number of primary amides is 1. The summed E-state index contributed by atoms with van der Waals surface area (Å²) in [6.45, 7) is 1.65. The van der Waals surface area contributed by atoms with Crippen molar-refractivity contribution in [2.24, 2.45) is 17.6 Å². The van der Waals surface area contributed by atoms with E-state index in [1.807, 2.05) is 6.07 Å². The molecule has 3 aliphatic rings. The Balaban J connectivity index is 1.33. The van der Waals surface area contributed by atoms with E-state index >= 15 is 0 Å². The number of methoxy groups -OCH3 is 2. The lowest BCUT2D eigenvalue weighted by molar-refractivity contribution is 0.0853. The van der Waals surface area contributed by atoms with Gasteiger partial charge in [-0.2, -0.15) is 4.98 Å². The van der Waals surface area contributed by atoms with Gasteiger partial charge < -0.3 is 35.5 Å². The highest BCUT2D eigenvalue weighted by Crippen LogP contribution is 2.43. The molecule has 5 rings (SSSR count). The third-order valence-corrected chi connectivity index (χ3v) is 8.52. The lowest BCUT2D eigenvalue weighted by atomic mass is 9.98. The van der Waals surface area contributed by atoms with Crippen molar-refractivity contribution >= 4 is 35.1 Å². The zero-order valence-corrected chi connectivity index (χ0v) is 23.4. The number of ether oxygens (including phenoxy) is 3. The minimum absolute atomic E-state index is 0.126. The number of nitrogens with two attached hydrogens (primary N) is 1. The number of benzene rings is 1. The Morgan fingerprint density at radius 1 is 1.21 bits per heavy atom. The first-order valence-corrected chi connectivity index (χ1v) is 13.8. The van der Waals surface area contributed by atoms with Crippen LogP contribution in [0.15, 0.2) is 30.5 Å². The molecule has 4 N–H and O–H groups in total. The van der Waals surface area contributed by atoms with Crippen molar-refractivity contribution < 1.29 is 19.0 Å². The van der Waals surface area contributed by atoms with Crippen LogP contribution in [-0.2, 0) is 22.3 Å². The third kappa shape index (κ3) is 5.92. The summed E-state index contributed by atoms with van der Waals surface area (Å²) < 4.78 is 16.6. The van der Waals surface area contributed by atoms with Crippen molar-refractivity contribution in [3.63, 3.8) is 0 Å². The second-order valence-electron chi connectivity index (χ2n) is 10.5. The molecule has 1 aromatic carbocycles. The SMILES string of the molecule is COCCN(C)C1CCc2ccc(Nc3ncc(Cl)c(N[C@H]4[C@@H](OC(N)=O)[C@@H]5C=C[C@H]4C5)n3)c(OC)c2CC1. The van der Waals surface area contributed by atoms with Gasteiger partial charge in [0.25, 0.3) is 0 Å². The average molecular weight is 557 g/mol. The molecule has 1 amide bonds. The fourth-order valence-corrected chi connectivity index (χ4v) is 6.36. The van der Waals surface area contributed by atoms with Crippen LogP contribution in [-0.4, -0.2) is 73.6 Å². The molecular weight excluding hydrogens is 520 g/mol. The first kappa shape index (κ1) is 27.5. The maximum absolute atomic E-state index is 11.5. The summed E-state index contributed by atoms with van der Waals surface area (Å²) in [6, 6.07) is 4.50. The number of halogens is 1. The average Bonchev–Trinajstić information content (AvgIpc) is 3.44. The zero-order valence-electron chi connectivity index (χ0n) is 22.7. The van der Waals surface area contributed by atoms with Crippen LogP contribution in [0.4, 0.5) is 22.2 Å².